The molecular formula is C16H26N2O. The highest BCUT2D eigenvalue weighted by atomic mass is 16.5. The zero-order chi connectivity index (χ0) is 13.7. The van der Waals surface area contributed by atoms with E-state index >= 15 is 0 Å². The molecule has 1 heterocycles. The van der Waals surface area contributed by atoms with Crippen molar-refractivity contribution in [2.24, 2.45) is 11.8 Å². The van der Waals surface area contributed by atoms with E-state index in [0.717, 1.165) is 37.3 Å². The summed E-state index contributed by atoms with van der Waals surface area (Å²) in [4.78, 5) is 2.50. The maximum Gasteiger partial charge on any atom is 0.119 e. The molecule has 3 heteroatoms. The van der Waals surface area contributed by atoms with Crippen LogP contribution in [0.25, 0.3) is 0 Å². The van der Waals surface area contributed by atoms with E-state index in [1.54, 1.807) is 0 Å². The first kappa shape index (κ1) is 14.4. The van der Waals surface area contributed by atoms with Crippen LogP contribution in [0.2, 0.25) is 0 Å². The summed E-state index contributed by atoms with van der Waals surface area (Å²) in [5, 5.41) is 3.14. The Hall–Kier alpha value is -1.06. The number of hydrogen-bond donors (Lipinski definition) is 1. The number of rotatable bonds is 6. The van der Waals surface area contributed by atoms with Crippen molar-refractivity contribution in [1.82, 2.24) is 10.2 Å². The zero-order valence-electron chi connectivity index (χ0n) is 12.4. The van der Waals surface area contributed by atoms with Crippen LogP contribution >= 0.6 is 0 Å². The Morgan fingerprint density at radius 1 is 1.16 bits per heavy atom. The molecule has 1 aliphatic heterocycles. The van der Waals surface area contributed by atoms with Crippen LogP contribution in [0.3, 0.4) is 0 Å². The Morgan fingerprint density at radius 3 is 2.37 bits per heavy atom. The van der Waals surface area contributed by atoms with Gasteiger partial charge in [-0.05, 0) is 36.6 Å². The predicted molar refractivity (Wildman–Crippen MR) is 79.5 cm³/mol. The predicted octanol–water partition coefficient (Wildman–Crippen LogP) is 2.37. The molecule has 0 aromatic heterocycles. The normalized spacial score (nSPS) is 23.7. The highest BCUT2D eigenvalue weighted by Gasteiger charge is 2.25. The third-order valence-corrected chi connectivity index (χ3v) is 4.04. The van der Waals surface area contributed by atoms with Gasteiger partial charge in [-0.25, -0.2) is 0 Å². The number of benzene rings is 1. The van der Waals surface area contributed by atoms with Crippen molar-refractivity contribution in [2.75, 3.05) is 33.3 Å². The van der Waals surface area contributed by atoms with Gasteiger partial charge in [-0.3, -0.25) is 4.90 Å². The van der Waals surface area contributed by atoms with Crippen molar-refractivity contribution >= 4 is 0 Å². The van der Waals surface area contributed by atoms with Gasteiger partial charge in [0.05, 0.1) is 0 Å². The van der Waals surface area contributed by atoms with E-state index in [9.17, 15) is 0 Å². The molecule has 3 nitrogen and oxygen atoms in total. The highest BCUT2D eigenvalue weighted by Crippen LogP contribution is 2.21. The average Bonchev–Trinajstić information content (AvgIpc) is 2.71. The Balaban J connectivity index is 1.71. The van der Waals surface area contributed by atoms with E-state index in [1.807, 2.05) is 7.05 Å². The second-order valence-corrected chi connectivity index (χ2v) is 5.74. The molecule has 2 unspecified atom stereocenters. The first-order valence-electron chi connectivity index (χ1n) is 7.27. The number of ether oxygens (including phenoxy) is 1. The minimum Gasteiger partial charge on any atom is -0.492 e. The van der Waals surface area contributed by atoms with Gasteiger partial charge in [0.2, 0.25) is 0 Å². The van der Waals surface area contributed by atoms with Gasteiger partial charge >= 0.3 is 0 Å². The molecule has 0 radical (unpaired) electrons. The van der Waals surface area contributed by atoms with Crippen molar-refractivity contribution < 1.29 is 4.74 Å². The fourth-order valence-electron chi connectivity index (χ4n) is 2.63. The van der Waals surface area contributed by atoms with Gasteiger partial charge < -0.3 is 10.1 Å². The molecule has 106 valence electrons. The smallest absolute Gasteiger partial charge is 0.119 e. The summed E-state index contributed by atoms with van der Waals surface area (Å²) in [6, 6.07) is 8.35. The van der Waals surface area contributed by atoms with E-state index in [2.05, 4.69) is 48.3 Å². The largest absolute Gasteiger partial charge is 0.492 e. The number of hydrogen-bond acceptors (Lipinski definition) is 3. The number of nitrogens with zero attached hydrogens (tertiary/aromatic N) is 1. The zero-order valence-corrected chi connectivity index (χ0v) is 12.4. The fourth-order valence-corrected chi connectivity index (χ4v) is 2.63. The maximum absolute atomic E-state index is 5.81. The van der Waals surface area contributed by atoms with Gasteiger partial charge in [-0.1, -0.05) is 26.0 Å². The quantitative estimate of drug-likeness (QED) is 0.852. The van der Waals surface area contributed by atoms with E-state index in [1.165, 1.54) is 18.7 Å². The lowest BCUT2D eigenvalue weighted by Gasteiger charge is -2.15. The van der Waals surface area contributed by atoms with E-state index < -0.39 is 0 Å². The topological polar surface area (TPSA) is 24.5 Å². The van der Waals surface area contributed by atoms with Crippen LogP contribution in [-0.2, 0) is 6.54 Å². The Kier molecular flexibility index (Phi) is 5.23. The highest BCUT2D eigenvalue weighted by molar-refractivity contribution is 5.27. The van der Waals surface area contributed by atoms with Crippen molar-refractivity contribution in [2.45, 2.75) is 20.4 Å². The average molecular weight is 262 g/mol. The Bertz CT molecular complexity index is 367. The Labute approximate surface area is 116 Å². The molecule has 1 aromatic rings. The number of nitrogens with one attached hydrogen (secondary N) is 1. The maximum atomic E-state index is 5.81. The molecule has 0 saturated carbocycles. The van der Waals surface area contributed by atoms with Crippen molar-refractivity contribution in [1.29, 1.82) is 0 Å². The van der Waals surface area contributed by atoms with Crippen LogP contribution in [0.1, 0.15) is 19.4 Å². The molecular weight excluding hydrogens is 236 g/mol. The van der Waals surface area contributed by atoms with Crippen molar-refractivity contribution in [3.63, 3.8) is 0 Å². The molecule has 0 bridgehead atoms. The molecule has 1 fully saturated rings. The standard InChI is InChI=1S/C16H26N2O/c1-13-11-18(12-14(13)2)8-9-19-16-6-4-15(5-7-16)10-17-3/h4-7,13-14,17H,8-12H2,1-3H3. The molecule has 1 N–H and O–H groups in total. The third kappa shape index (κ3) is 4.22. The summed E-state index contributed by atoms with van der Waals surface area (Å²) in [6.07, 6.45) is 0. The molecule has 1 aromatic carbocycles. The van der Waals surface area contributed by atoms with Gasteiger partial charge in [-0.15, -0.1) is 0 Å². The van der Waals surface area contributed by atoms with E-state index in [4.69, 9.17) is 4.74 Å². The van der Waals surface area contributed by atoms with Crippen LogP contribution in [0.15, 0.2) is 24.3 Å². The van der Waals surface area contributed by atoms with Crippen LogP contribution in [-0.4, -0.2) is 38.2 Å². The summed E-state index contributed by atoms with van der Waals surface area (Å²) >= 11 is 0. The lowest BCUT2D eigenvalue weighted by atomic mass is 10.0. The second-order valence-electron chi connectivity index (χ2n) is 5.74. The number of likely N-dealkylation sites (tertiary alicyclic amines) is 1. The first-order chi connectivity index (χ1) is 9.19. The lowest BCUT2D eigenvalue weighted by Crippen LogP contribution is -2.26. The summed E-state index contributed by atoms with van der Waals surface area (Å²) in [6.45, 7) is 9.83. The molecule has 0 aliphatic carbocycles. The summed E-state index contributed by atoms with van der Waals surface area (Å²) in [7, 11) is 1.96. The van der Waals surface area contributed by atoms with Gasteiger partial charge in [0.25, 0.3) is 0 Å². The van der Waals surface area contributed by atoms with Gasteiger partial charge in [0.1, 0.15) is 12.4 Å². The second kappa shape index (κ2) is 6.92. The lowest BCUT2D eigenvalue weighted by molar-refractivity contribution is 0.232. The van der Waals surface area contributed by atoms with Crippen LogP contribution in [0.4, 0.5) is 0 Å². The SMILES string of the molecule is CNCc1ccc(OCCN2CC(C)C(C)C2)cc1. The van der Waals surface area contributed by atoms with Crippen LogP contribution in [0.5, 0.6) is 5.75 Å². The van der Waals surface area contributed by atoms with Gasteiger partial charge in [-0.2, -0.15) is 0 Å². The fraction of sp³-hybridized carbons (Fsp3) is 0.625. The Morgan fingerprint density at radius 2 is 1.79 bits per heavy atom. The molecule has 1 saturated heterocycles. The molecule has 2 rings (SSSR count). The monoisotopic (exact) mass is 262 g/mol. The molecule has 1 aliphatic rings. The van der Waals surface area contributed by atoms with Gasteiger partial charge in [0, 0.05) is 26.2 Å². The van der Waals surface area contributed by atoms with Crippen molar-refractivity contribution in [3.8, 4) is 5.75 Å². The van der Waals surface area contributed by atoms with Crippen molar-refractivity contribution in [3.05, 3.63) is 29.8 Å². The summed E-state index contributed by atoms with van der Waals surface area (Å²) < 4.78 is 5.81. The third-order valence-electron chi connectivity index (χ3n) is 4.04. The van der Waals surface area contributed by atoms with Crippen LogP contribution in [0, 0.1) is 11.8 Å². The summed E-state index contributed by atoms with van der Waals surface area (Å²) in [5.41, 5.74) is 1.29. The molecule has 19 heavy (non-hydrogen) atoms. The summed E-state index contributed by atoms with van der Waals surface area (Å²) in [5.74, 6) is 2.61. The van der Waals surface area contributed by atoms with E-state index in [0.29, 0.717) is 0 Å². The minimum absolute atomic E-state index is 0.783. The first-order valence-corrected chi connectivity index (χ1v) is 7.27. The molecule has 0 spiro atoms. The molecule has 2 atom stereocenters. The van der Waals surface area contributed by atoms with Gasteiger partial charge in [0.15, 0.2) is 0 Å². The van der Waals surface area contributed by atoms with Crippen LogP contribution < -0.4 is 10.1 Å². The minimum atomic E-state index is 0.783. The van der Waals surface area contributed by atoms with E-state index in [-0.39, 0.29) is 0 Å². The molecule has 0 amide bonds.